The van der Waals surface area contributed by atoms with Crippen molar-refractivity contribution in [3.8, 4) is 0 Å². The van der Waals surface area contributed by atoms with Crippen LogP contribution in [0.2, 0.25) is 0 Å². The molecule has 9 nitrogen and oxygen atoms in total. The Morgan fingerprint density at radius 1 is 1.13 bits per heavy atom. The summed E-state index contributed by atoms with van der Waals surface area (Å²) in [6.07, 6.45) is 2.10. The fourth-order valence-electron chi connectivity index (χ4n) is 4.01. The number of aromatic nitrogens is 1. The van der Waals surface area contributed by atoms with Crippen molar-refractivity contribution in [3.05, 3.63) is 35.3 Å². The van der Waals surface area contributed by atoms with Crippen molar-refractivity contribution in [3.63, 3.8) is 0 Å². The summed E-state index contributed by atoms with van der Waals surface area (Å²) in [5.74, 6) is -0.745. The molecule has 2 aliphatic rings. The number of carbonyl (C=O) groups excluding carboxylic acids is 2. The highest BCUT2D eigenvalue weighted by Gasteiger charge is 2.36. The van der Waals surface area contributed by atoms with Gasteiger partial charge in [-0.3, -0.25) is 9.59 Å². The van der Waals surface area contributed by atoms with Crippen LogP contribution in [0.3, 0.4) is 0 Å². The van der Waals surface area contributed by atoms with Gasteiger partial charge in [0.1, 0.15) is 5.69 Å². The van der Waals surface area contributed by atoms with Crippen LogP contribution >= 0.6 is 11.3 Å². The summed E-state index contributed by atoms with van der Waals surface area (Å²) in [6, 6.07) is 7.57. The van der Waals surface area contributed by atoms with E-state index in [1.165, 1.54) is 11.3 Å². The number of primary amides is 1. The number of thiazole rings is 1. The standard InChI is InChI=1S/C21H28N6O3S/c22-19(30)21(23)7-11-26(12-8-21)17-4-2-1-3-15(17)24-18(29)16-13-31-20(25-16)27-9-5-14(28)6-10-27/h1-4,13-14,28H,5-12,23H2,(H2,22,30)(H,24,29). The first-order valence-corrected chi connectivity index (χ1v) is 11.4. The zero-order valence-corrected chi connectivity index (χ0v) is 18.1. The van der Waals surface area contributed by atoms with E-state index in [-0.39, 0.29) is 12.0 Å². The second-order valence-electron chi connectivity index (χ2n) is 8.21. The van der Waals surface area contributed by atoms with Crippen LogP contribution < -0.4 is 26.6 Å². The first-order chi connectivity index (χ1) is 14.9. The summed E-state index contributed by atoms with van der Waals surface area (Å²) in [7, 11) is 0. The number of para-hydroxylation sites is 2. The van der Waals surface area contributed by atoms with Crippen LogP contribution in [0.4, 0.5) is 16.5 Å². The molecule has 0 bridgehead atoms. The van der Waals surface area contributed by atoms with Gasteiger partial charge in [0.2, 0.25) is 5.91 Å². The lowest BCUT2D eigenvalue weighted by molar-refractivity contribution is -0.123. The van der Waals surface area contributed by atoms with E-state index in [4.69, 9.17) is 11.5 Å². The zero-order chi connectivity index (χ0) is 22.0. The molecule has 6 N–H and O–H groups in total. The molecule has 0 saturated carbocycles. The summed E-state index contributed by atoms with van der Waals surface area (Å²) in [6.45, 7) is 2.63. The van der Waals surface area contributed by atoms with Gasteiger partial charge in [0.05, 0.1) is 23.0 Å². The molecule has 0 aliphatic carbocycles. The van der Waals surface area contributed by atoms with Gasteiger partial charge in [-0.2, -0.15) is 0 Å². The lowest BCUT2D eigenvalue weighted by Crippen LogP contribution is -2.58. The predicted molar refractivity (Wildman–Crippen MR) is 122 cm³/mol. The molecule has 0 spiro atoms. The molecule has 1 aromatic carbocycles. The van der Waals surface area contributed by atoms with Crippen molar-refractivity contribution in [2.24, 2.45) is 11.5 Å². The first-order valence-electron chi connectivity index (χ1n) is 10.5. The number of anilines is 3. The Bertz CT molecular complexity index is 948. The molecular weight excluding hydrogens is 416 g/mol. The van der Waals surface area contributed by atoms with Crippen LogP contribution in [0.5, 0.6) is 0 Å². The van der Waals surface area contributed by atoms with Crippen LogP contribution in [-0.2, 0) is 4.79 Å². The number of hydrogen-bond acceptors (Lipinski definition) is 8. The summed E-state index contributed by atoms with van der Waals surface area (Å²) in [5, 5.41) is 15.2. The van der Waals surface area contributed by atoms with Gasteiger partial charge in [-0.1, -0.05) is 12.1 Å². The van der Waals surface area contributed by atoms with E-state index in [9.17, 15) is 14.7 Å². The Balaban J connectivity index is 1.44. The minimum atomic E-state index is -0.976. The molecule has 2 aliphatic heterocycles. The van der Waals surface area contributed by atoms with Crippen LogP contribution in [0, 0.1) is 0 Å². The average Bonchev–Trinajstić information content (AvgIpc) is 3.26. The maximum atomic E-state index is 12.9. The van der Waals surface area contributed by atoms with Crippen LogP contribution in [-0.4, -0.2) is 59.7 Å². The van der Waals surface area contributed by atoms with Gasteiger partial charge in [-0.05, 0) is 37.8 Å². The predicted octanol–water partition coefficient (Wildman–Crippen LogP) is 1.14. The van der Waals surface area contributed by atoms with Gasteiger partial charge >= 0.3 is 0 Å². The molecule has 2 aromatic rings. The van der Waals surface area contributed by atoms with Gasteiger partial charge in [0.15, 0.2) is 5.13 Å². The number of nitrogens with two attached hydrogens (primary N) is 2. The number of piperidine rings is 2. The fraction of sp³-hybridized carbons (Fsp3) is 0.476. The van der Waals surface area contributed by atoms with Crippen molar-refractivity contribution >= 4 is 39.7 Å². The highest BCUT2D eigenvalue weighted by molar-refractivity contribution is 7.14. The van der Waals surface area contributed by atoms with Gasteiger partial charge < -0.3 is 31.7 Å². The van der Waals surface area contributed by atoms with Crippen molar-refractivity contribution < 1.29 is 14.7 Å². The van der Waals surface area contributed by atoms with Gasteiger partial charge in [0.25, 0.3) is 5.91 Å². The molecule has 4 rings (SSSR count). The highest BCUT2D eigenvalue weighted by Crippen LogP contribution is 2.31. The topological polar surface area (TPSA) is 138 Å². The average molecular weight is 445 g/mol. The van der Waals surface area contributed by atoms with E-state index < -0.39 is 11.4 Å². The lowest BCUT2D eigenvalue weighted by Gasteiger charge is -2.38. The third kappa shape index (κ3) is 4.65. The van der Waals surface area contributed by atoms with Gasteiger partial charge in [0, 0.05) is 31.6 Å². The number of carbonyl (C=O) groups is 2. The summed E-state index contributed by atoms with van der Waals surface area (Å²) >= 11 is 1.44. The van der Waals surface area contributed by atoms with Crippen molar-refractivity contribution in [2.75, 3.05) is 41.3 Å². The molecule has 3 heterocycles. The van der Waals surface area contributed by atoms with E-state index in [2.05, 4.69) is 20.1 Å². The number of benzene rings is 1. The molecule has 0 unspecified atom stereocenters. The quantitative estimate of drug-likeness (QED) is 0.542. The fourth-order valence-corrected chi connectivity index (χ4v) is 4.86. The van der Waals surface area contributed by atoms with Gasteiger partial charge in [-0.15, -0.1) is 11.3 Å². The van der Waals surface area contributed by atoms with Gasteiger partial charge in [-0.25, -0.2) is 4.98 Å². The van der Waals surface area contributed by atoms with E-state index in [0.29, 0.717) is 50.2 Å². The van der Waals surface area contributed by atoms with Crippen molar-refractivity contribution in [1.29, 1.82) is 0 Å². The van der Waals surface area contributed by atoms with Crippen molar-refractivity contribution in [1.82, 2.24) is 4.98 Å². The molecule has 2 saturated heterocycles. The van der Waals surface area contributed by atoms with Crippen molar-refractivity contribution in [2.45, 2.75) is 37.3 Å². The molecule has 0 atom stereocenters. The number of nitrogens with zero attached hydrogens (tertiary/aromatic N) is 3. The van der Waals surface area contributed by atoms with E-state index in [1.54, 1.807) is 5.38 Å². The lowest BCUT2D eigenvalue weighted by atomic mass is 9.87. The number of hydrogen-bond donors (Lipinski definition) is 4. The second-order valence-corrected chi connectivity index (χ2v) is 9.05. The first kappa shape index (κ1) is 21.5. The van der Waals surface area contributed by atoms with Crippen LogP contribution in [0.15, 0.2) is 29.6 Å². The minimum Gasteiger partial charge on any atom is -0.393 e. The summed E-state index contributed by atoms with van der Waals surface area (Å²) in [4.78, 5) is 33.2. The van der Waals surface area contributed by atoms with E-state index in [0.717, 1.165) is 23.9 Å². The van der Waals surface area contributed by atoms with E-state index in [1.807, 2.05) is 24.3 Å². The van der Waals surface area contributed by atoms with E-state index >= 15 is 0 Å². The maximum absolute atomic E-state index is 12.9. The zero-order valence-electron chi connectivity index (χ0n) is 17.3. The molecule has 10 heteroatoms. The number of aliphatic hydroxyl groups is 1. The third-order valence-electron chi connectivity index (χ3n) is 6.10. The number of rotatable bonds is 5. The molecule has 1 aromatic heterocycles. The molecular formula is C21H28N6O3S. The summed E-state index contributed by atoms with van der Waals surface area (Å²) in [5.41, 5.74) is 12.5. The van der Waals surface area contributed by atoms with Crippen LogP contribution in [0.1, 0.15) is 36.2 Å². The maximum Gasteiger partial charge on any atom is 0.275 e. The Morgan fingerprint density at radius 2 is 1.81 bits per heavy atom. The number of amides is 2. The number of aliphatic hydroxyl groups excluding tert-OH is 1. The molecule has 0 radical (unpaired) electrons. The SMILES string of the molecule is NC(=O)C1(N)CCN(c2ccccc2NC(=O)c2csc(N3CCC(O)CC3)n2)CC1. The monoisotopic (exact) mass is 444 g/mol. The second kappa shape index (κ2) is 8.81. The molecule has 31 heavy (non-hydrogen) atoms. The number of nitrogens with one attached hydrogen (secondary N) is 1. The molecule has 2 fully saturated rings. The largest absolute Gasteiger partial charge is 0.393 e. The Labute approximate surface area is 185 Å². The van der Waals surface area contributed by atoms with Crippen LogP contribution in [0.25, 0.3) is 0 Å². The third-order valence-corrected chi connectivity index (χ3v) is 7.00. The Morgan fingerprint density at radius 3 is 2.48 bits per heavy atom. The smallest absolute Gasteiger partial charge is 0.275 e. The Kier molecular flexibility index (Phi) is 6.12. The molecule has 166 valence electrons. The minimum absolute atomic E-state index is 0.252. The summed E-state index contributed by atoms with van der Waals surface area (Å²) < 4.78 is 0. The normalized spacial score (nSPS) is 19.3. The highest BCUT2D eigenvalue weighted by atomic mass is 32.1. The molecule has 2 amide bonds. The Hall–Kier alpha value is -2.69.